The number of ether oxygens (including phenoxy) is 5. The molecule has 11 heteroatoms. The zero-order chi connectivity index (χ0) is 21.8. The van der Waals surface area contributed by atoms with Crippen molar-refractivity contribution in [2.75, 3.05) is 13.7 Å². The highest BCUT2D eigenvalue weighted by atomic mass is 19.3. The molecule has 0 amide bonds. The Bertz CT molecular complexity index is 1070. The van der Waals surface area contributed by atoms with Gasteiger partial charge in [-0.05, 0) is 30.3 Å². The highest BCUT2D eigenvalue weighted by molar-refractivity contribution is 5.76. The number of fused-ring (bicyclic) bond motifs is 1. The molecule has 0 aliphatic carbocycles. The molecule has 31 heavy (non-hydrogen) atoms. The standard InChI is InChI=1S/C20H16F2N2O7/c1-26-15-8-11(6-7-14(15)30-20(21)22)18-23-17(31-24-18)10-28-19(25)16-9-27-12-4-2-3-5-13(12)29-16/h2-8,16,20H,9-10H2,1H3/t16-/m0/s1. The predicted molar refractivity (Wildman–Crippen MR) is 99.1 cm³/mol. The van der Waals surface area contributed by atoms with Crippen LogP contribution in [0.4, 0.5) is 8.78 Å². The number of para-hydroxylation sites is 2. The number of carbonyl (C=O) groups excluding carboxylic acids is 1. The van der Waals surface area contributed by atoms with E-state index in [0.717, 1.165) is 0 Å². The van der Waals surface area contributed by atoms with Crippen LogP contribution in [0.15, 0.2) is 47.0 Å². The fourth-order valence-corrected chi connectivity index (χ4v) is 2.79. The summed E-state index contributed by atoms with van der Waals surface area (Å²) in [5.74, 6) is 0.480. The summed E-state index contributed by atoms with van der Waals surface area (Å²) in [5, 5.41) is 3.79. The topological polar surface area (TPSA) is 102 Å². The van der Waals surface area contributed by atoms with Gasteiger partial charge in [-0.2, -0.15) is 13.8 Å². The Kier molecular flexibility index (Phi) is 5.83. The number of methoxy groups -OCH3 is 1. The van der Waals surface area contributed by atoms with Crippen LogP contribution in [-0.2, 0) is 16.1 Å². The second kappa shape index (κ2) is 8.86. The quantitative estimate of drug-likeness (QED) is 0.519. The normalized spacial score (nSPS) is 14.9. The van der Waals surface area contributed by atoms with E-state index < -0.39 is 18.7 Å². The lowest BCUT2D eigenvalue weighted by Gasteiger charge is -2.24. The van der Waals surface area contributed by atoms with Gasteiger partial charge < -0.3 is 28.2 Å². The third-order valence-corrected chi connectivity index (χ3v) is 4.22. The van der Waals surface area contributed by atoms with E-state index in [1.54, 1.807) is 24.3 Å². The number of hydrogen-bond donors (Lipinski definition) is 0. The number of hydrogen-bond acceptors (Lipinski definition) is 9. The first-order valence-electron chi connectivity index (χ1n) is 9.04. The number of nitrogens with zero attached hydrogens (tertiary/aromatic N) is 2. The van der Waals surface area contributed by atoms with Crippen molar-refractivity contribution in [1.82, 2.24) is 10.1 Å². The van der Waals surface area contributed by atoms with Gasteiger partial charge in [0.05, 0.1) is 7.11 Å². The Labute approximate surface area is 174 Å². The maximum absolute atomic E-state index is 12.4. The van der Waals surface area contributed by atoms with Crippen molar-refractivity contribution in [2.45, 2.75) is 19.3 Å². The molecule has 2 aromatic carbocycles. The van der Waals surface area contributed by atoms with Crippen LogP contribution >= 0.6 is 0 Å². The number of rotatable bonds is 7. The minimum absolute atomic E-state index is 0.0117. The maximum atomic E-state index is 12.4. The van der Waals surface area contributed by atoms with Crippen LogP contribution < -0.4 is 18.9 Å². The fourth-order valence-electron chi connectivity index (χ4n) is 2.79. The smallest absolute Gasteiger partial charge is 0.387 e. The van der Waals surface area contributed by atoms with Crippen molar-refractivity contribution < 1.29 is 41.8 Å². The second-order valence-electron chi connectivity index (χ2n) is 6.23. The average molecular weight is 434 g/mol. The summed E-state index contributed by atoms with van der Waals surface area (Å²) in [6.07, 6.45) is -0.927. The number of carbonyl (C=O) groups is 1. The van der Waals surface area contributed by atoms with E-state index in [0.29, 0.717) is 17.1 Å². The third kappa shape index (κ3) is 4.65. The second-order valence-corrected chi connectivity index (χ2v) is 6.23. The molecule has 1 aliphatic heterocycles. The van der Waals surface area contributed by atoms with Crippen molar-refractivity contribution in [3.05, 3.63) is 48.4 Å². The lowest BCUT2D eigenvalue weighted by atomic mass is 10.2. The molecule has 0 unspecified atom stereocenters. The van der Waals surface area contributed by atoms with Crippen molar-refractivity contribution in [2.24, 2.45) is 0 Å². The zero-order valence-electron chi connectivity index (χ0n) is 16.1. The van der Waals surface area contributed by atoms with E-state index in [4.69, 9.17) is 23.5 Å². The van der Waals surface area contributed by atoms with Crippen LogP contribution in [-0.4, -0.2) is 42.5 Å². The Hall–Kier alpha value is -3.89. The largest absolute Gasteiger partial charge is 0.493 e. The molecule has 1 aromatic heterocycles. The predicted octanol–water partition coefficient (Wildman–Crippen LogP) is 3.23. The number of alkyl halides is 2. The Morgan fingerprint density at radius 3 is 2.77 bits per heavy atom. The fraction of sp³-hybridized carbons (Fsp3) is 0.250. The summed E-state index contributed by atoms with van der Waals surface area (Å²) < 4.78 is 55.6. The van der Waals surface area contributed by atoms with E-state index in [1.807, 2.05) is 0 Å². The van der Waals surface area contributed by atoms with Crippen LogP contribution in [0.1, 0.15) is 5.89 Å². The molecular weight excluding hydrogens is 418 g/mol. The first-order chi connectivity index (χ1) is 15.0. The van der Waals surface area contributed by atoms with Gasteiger partial charge in [0.15, 0.2) is 29.6 Å². The van der Waals surface area contributed by atoms with Crippen molar-refractivity contribution >= 4 is 5.97 Å². The molecule has 9 nitrogen and oxygen atoms in total. The van der Waals surface area contributed by atoms with Gasteiger partial charge in [0.1, 0.15) is 6.61 Å². The molecule has 0 bridgehead atoms. The summed E-state index contributed by atoms with van der Waals surface area (Å²) in [6.45, 7) is -3.26. The summed E-state index contributed by atoms with van der Waals surface area (Å²) in [7, 11) is 1.31. The van der Waals surface area contributed by atoms with Gasteiger partial charge in [0, 0.05) is 5.56 Å². The highest BCUT2D eigenvalue weighted by Crippen LogP contribution is 2.33. The van der Waals surface area contributed by atoms with Crippen molar-refractivity contribution in [1.29, 1.82) is 0 Å². The third-order valence-electron chi connectivity index (χ3n) is 4.22. The molecule has 3 aromatic rings. The minimum Gasteiger partial charge on any atom is -0.493 e. The van der Waals surface area contributed by atoms with Gasteiger partial charge >= 0.3 is 12.6 Å². The lowest BCUT2D eigenvalue weighted by Crippen LogP contribution is -2.37. The number of benzene rings is 2. The van der Waals surface area contributed by atoms with E-state index in [9.17, 15) is 13.6 Å². The first kappa shape index (κ1) is 20.4. The summed E-state index contributed by atoms with van der Waals surface area (Å²) in [5.41, 5.74) is 0.431. The highest BCUT2D eigenvalue weighted by Gasteiger charge is 2.29. The molecule has 162 valence electrons. The Balaban J connectivity index is 1.38. The number of halogens is 2. The zero-order valence-corrected chi connectivity index (χ0v) is 16.1. The lowest BCUT2D eigenvalue weighted by molar-refractivity contribution is -0.156. The van der Waals surface area contributed by atoms with Crippen LogP contribution in [0.25, 0.3) is 11.4 Å². The summed E-state index contributed by atoms with van der Waals surface area (Å²) in [6, 6.07) is 11.2. The Morgan fingerprint density at radius 2 is 2.00 bits per heavy atom. The SMILES string of the molecule is COc1cc(-c2noc(COC(=O)[C@@H]3COc4ccccc4O3)n2)ccc1OC(F)F. The van der Waals surface area contributed by atoms with Gasteiger partial charge in [-0.15, -0.1) is 0 Å². The number of esters is 1. The molecule has 0 saturated heterocycles. The van der Waals surface area contributed by atoms with Gasteiger partial charge in [-0.1, -0.05) is 17.3 Å². The van der Waals surface area contributed by atoms with Crippen molar-refractivity contribution in [3.8, 4) is 34.4 Å². The van der Waals surface area contributed by atoms with Gasteiger partial charge in [0.25, 0.3) is 5.89 Å². The molecule has 0 fully saturated rings. The summed E-state index contributed by atoms with van der Waals surface area (Å²) >= 11 is 0. The van der Waals surface area contributed by atoms with Crippen LogP contribution in [0.2, 0.25) is 0 Å². The molecule has 1 atom stereocenters. The van der Waals surface area contributed by atoms with Crippen LogP contribution in [0.5, 0.6) is 23.0 Å². The monoisotopic (exact) mass is 434 g/mol. The number of aromatic nitrogens is 2. The molecule has 1 aliphatic rings. The van der Waals surface area contributed by atoms with Crippen LogP contribution in [0, 0.1) is 0 Å². The molecule has 0 radical (unpaired) electrons. The maximum Gasteiger partial charge on any atom is 0.387 e. The van der Waals surface area contributed by atoms with Gasteiger partial charge in [-0.25, -0.2) is 4.79 Å². The van der Waals surface area contributed by atoms with E-state index in [2.05, 4.69) is 14.9 Å². The van der Waals surface area contributed by atoms with E-state index >= 15 is 0 Å². The molecule has 4 rings (SSSR count). The molecule has 0 N–H and O–H groups in total. The Morgan fingerprint density at radius 1 is 1.19 bits per heavy atom. The van der Waals surface area contributed by atoms with Crippen LogP contribution in [0.3, 0.4) is 0 Å². The molecule has 0 spiro atoms. The first-order valence-corrected chi connectivity index (χ1v) is 9.04. The minimum atomic E-state index is -2.99. The van der Waals surface area contributed by atoms with Gasteiger partial charge in [0.2, 0.25) is 11.9 Å². The average Bonchev–Trinajstić information content (AvgIpc) is 3.26. The molecule has 2 heterocycles. The van der Waals surface area contributed by atoms with E-state index in [1.165, 1.54) is 25.3 Å². The summed E-state index contributed by atoms with van der Waals surface area (Å²) in [4.78, 5) is 16.4. The molecule has 0 saturated carbocycles. The van der Waals surface area contributed by atoms with Crippen molar-refractivity contribution in [3.63, 3.8) is 0 Å². The van der Waals surface area contributed by atoms with E-state index in [-0.39, 0.29) is 36.4 Å². The van der Waals surface area contributed by atoms with Gasteiger partial charge in [-0.3, -0.25) is 0 Å². The molecular formula is C20H16F2N2O7.